The van der Waals surface area contributed by atoms with Gasteiger partial charge in [-0.25, -0.2) is 13.8 Å². The van der Waals surface area contributed by atoms with Gasteiger partial charge in [-0.15, -0.1) is 0 Å². The van der Waals surface area contributed by atoms with Crippen molar-refractivity contribution in [3.05, 3.63) is 77.2 Å². The van der Waals surface area contributed by atoms with E-state index >= 15 is 0 Å². The van der Waals surface area contributed by atoms with E-state index in [1.807, 2.05) is 35.9 Å². The van der Waals surface area contributed by atoms with Crippen LogP contribution in [0.15, 0.2) is 48.9 Å². The summed E-state index contributed by atoms with van der Waals surface area (Å²) >= 11 is 0. The molecule has 4 rings (SSSR count). The fourth-order valence-electron chi connectivity index (χ4n) is 5.05. The largest absolute Gasteiger partial charge is 0.380 e. The molecule has 7 nitrogen and oxygen atoms in total. The van der Waals surface area contributed by atoms with Crippen LogP contribution in [0.4, 0.5) is 14.6 Å². The summed E-state index contributed by atoms with van der Waals surface area (Å²) in [5.74, 6) is -0.765. The van der Waals surface area contributed by atoms with Crippen LogP contribution in [0.2, 0.25) is 0 Å². The number of rotatable bonds is 14. The Kier molecular flexibility index (Phi) is 10.6. The van der Waals surface area contributed by atoms with Crippen LogP contribution < -0.4 is 16.0 Å². The second kappa shape index (κ2) is 14.3. The predicted molar refractivity (Wildman–Crippen MR) is 149 cm³/mol. The highest BCUT2D eigenvalue weighted by Crippen LogP contribution is 2.26. The third-order valence-electron chi connectivity index (χ3n) is 6.99. The van der Waals surface area contributed by atoms with E-state index in [4.69, 9.17) is 4.74 Å². The van der Waals surface area contributed by atoms with Crippen molar-refractivity contribution in [2.24, 2.45) is 0 Å². The second-order valence-electron chi connectivity index (χ2n) is 10.0. The number of amides is 1. The van der Waals surface area contributed by atoms with Crippen molar-refractivity contribution in [2.75, 3.05) is 25.1 Å². The summed E-state index contributed by atoms with van der Waals surface area (Å²) in [5.41, 5.74) is 3.35. The first-order valence-electron chi connectivity index (χ1n) is 13.9. The predicted octanol–water partition coefficient (Wildman–Crippen LogP) is 4.92. The molecule has 2 atom stereocenters. The molecule has 1 aliphatic carbocycles. The van der Waals surface area contributed by atoms with Gasteiger partial charge >= 0.3 is 0 Å². The third-order valence-corrected chi connectivity index (χ3v) is 6.99. The lowest BCUT2D eigenvalue weighted by molar-refractivity contribution is -0.118. The summed E-state index contributed by atoms with van der Waals surface area (Å²) in [6, 6.07) is 9.90. The Hall–Kier alpha value is -3.14. The number of ether oxygens (including phenoxy) is 1. The normalized spacial score (nSPS) is 15.6. The molecule has 1 aromatic heterocycles. The second-order valence-corrected chi connectivity index (χ2v) is 10.0. The molecule has 1 heterocycles. The molecular weight excluding hydrogens is 500 g/mol. The maximum Gasteiger partial charge on any atom is 0.242 e. The maximum atomic E-state index is 14.4. The van der Waals surface area contributed by atoms with E-state index in [1.54, 1.807) is 6.33 Å². The number of benzene rings is 2. The summed E-state index contributed by atoms with van der Waals surface area (Å²) in [4.78, 5) is 17.6. The highest BCUT2D eigenvalue weighted by molar-refractivity contribution is 5.94. The number of anilines is 1. The van der Waals surface area contributed by atoms with Crippen molar-refractivity contribution in [2.45, 2.75) is 71.0 Å². The first-order valence-corrected chi connectivity index (χ1v) is 13.9. The summed E-state index contributed by atoms with van der Waals surface area (Å²) in [6.45, 7) is 7.01. The van der Waals surface area contributed by atoms with Gasteiger partial charge in [0, 0.05) is 31.8 Å². The fourth-order valence-corrected chi connectivity index (χ4v) is 5.05. The van der Waals surface area contributed by atoms with E-state index in [0.717, 1.165) is 43.3 Å². The topological polar surface area (TPSA) is 80.2 Å². The number of hydrogen-bond donors (Lipinski definition) is 3. The van der Waals surface area contributed by atoms with E-state index in [-0.39, 0.29) is 11.9 Å². The number of hydrogen-bond acceptors (Lipinski definition) is 5. The molecule has 39 heavy (non-hydrogen) atoms. The van der Waals surface area contributed by atoms with Crippen molar-refractivity contribution in [1.29, 1.82) is 0 Å². The zero-order valence-electron chi connectivity index (χ0n) is 22.8. The minimum absolute atomic E-state index is 0.0657. The van der Waals surface area contributed by atoms with Crippen LogP contribution >= 0.6 is 0 Å². The number of carbonyl (C=O) groups is 1. The number of halogens is 2. The van der Waals surface area contributed by atoms with E-state index in [1.165, 1.54) is 6.07 Å². The summed E-state index contributed by atoms with van der Waals surface area (Å²) in [5, 5.41) is 9.78. The Morgan fingerprint density at radius 2 is 2.03 bits per heavy atom. The number of aryl methyl sites for hydroxylation is 1. The number of imidazole rings is 1. The highest BCUT2D eigenvalue weighted by atomic mass is 19.1. The zero-order chi connectivity index (χ0) is 27.6. The first kappa shape index (κ1) is 28.9. The Morgan fingerprint density at radius 1 is 1.18 bits per heavy atom. The van der Waals surface area contributed by atoms with Crippen LogP contribution in [0.1, 0.15) is 56.2 Å². The molecule has 9 heteroatoms. The highest BCUT2D eigenvalue weighted by Gasteiger charge is 2.27. The Balaban J connectivity index is 1.36. The summed E-state index contributed by atoms with van der Waals surface area (Å²) < 4.78 is 35.4. The molecule has 2 aromatic carbocycles. The standard InChI is InChI=1S/C30H39F2N5O2/c1-3-7-27(35-24-11-10-21-15-23(31)16-26(32)25(21)17-24)30(38)36-29-19-37(20-34-29)28-9-6-5-8-22(28)18-33-12-14-39-13-4-2/h5-6,8-9,15-16,19-20,24,27,33,35H,3-4,7,10-14,17-18H2,1-2H3,(H,36,38)/t24-,27?/m0/s1. The quantitative estimate of drug-likeness (QED) is 0.254. The van der Waals surface area contributed by atoms with Crippen LogP contribution in [-0.4, -0.2) is 47.3 Å². The zero-order valence-corrected chi connectivity index (χ0v) is 22.8. The van der Waals surface area contributed by atoms with Gasteiger partial charge in [-0.3, -0.25) is 4.79 Å². The first-order chi connectivity index (χ1) is 19.0. The number of nitrogens with zero attached hydrogens (tertiary/aromatic N) is 2. The minimum Gasteiger partial charge on any atom is -0.380 e. The molecule has 0 saturated heterocycles. The molecule has 0 aliphatic heterocycles. The maximum absolute atomic E-state index is 14.4. The molecular formula is C30H39F2N5O2. The number of para-hydroxylation sites is 1. The lowest BCUT2D eigenvalue weighted by atomic mass is 9.87. The van der Waals surface area contributed by atoms with Gasteiger partial charge in [0.15, 0.2) is 5.82 Å². The lowest BCUT2D eigenvalue weighted by Gasteiger charge is -2.29. The monoisotopic (exact) mass is 539 g/mol. The average Bonchev–Trinajstić information content (AvgIpc) is 3.39. The van der Waals surface area contributed by atoms with Gasteiger partial charge < -0.3 is 25.3 Å². The van der Waals surface area contributed by atoms with Crippen molar-refractivity contribution < 1.29 is 18.3 Å². The number of fused-ring (bicyclic) bond motifs is 1. The van der Waals surface area contributed by atoms with E-state index in [0.29, 0.717) is 55.8 Å². The molecule has 0 bridgehead atoms. The van der Waals surface area contributed by atoms with Gasteiger partial charge in [0.05, 0.1) is 24.5 Å². The third kappa shape index (κ3) is 7.94. The molecule has 1 unspecified atom stereocenters. The average molecular weight is 540 g/mol. The van der Waals surface area contributed by atoms with Gasteiger partial charge in [-0.2, -0.15) is 0 Å². The molecule has 0 saturated carbocycles. The van der Waals surface area contributed by atoms with E-state index < -0.39 is 17.7 Å². The lowest BCUT2D eigenvalue weighted by Crippen LogP contribution is -2.48. The SMILES string of the molecule is CCCOCCNCc1ccccc1-n1cnc(NC(=O)C(CCC)N[C@H]2CCc3cc(F)cc(F)c3C2)c1. The molecule has 1 amide bonds. The van der Waals surface area contributed by atoms with E-state index in [2.05, 4.69) is 33.9 Å². The summed E-state index contributed by atoms with van der Waals surface area (Å²) in [7, 11) is 0. The smallest absolute Gasteiger partial charge is 0.242 e. The van der Waals surface area contributed by atoms with Gasteiger partial charge in [-0.1, -0.05) is 38.5 Å². The van der Waals surface area contributed by atoms with Gasteiger partial charge in [0.1, 0.15) is 18.0 Å². The fraction of sp³-hybridized carbons (Fsp3) is 0.467. The molecule has 0 spiro atoms. The Labute approximate surface area is 229 Å². The van der Waals surface area contributed by atoms with Crippen LogP contribution in [0.3, 0.4) is 0 Å². The summed E-state index contributed by atoms with van der Waals surface area (Å²) in [6.07, 6.45) is 7.69. The van der Waals surface area contributed by atoms with Crippen molar-refractivity contribution >= 4 is 11.7 Å². The van der Waals surface area contributed by atoms with Gasteiger partial charge in [-0.05, 0) is 60.9 Å². The van der Waals surface area contributed by atoms with Crippen molar-refractivity contribution in [3.8, 4) is 5.69 Å². The molecule has 0 radical (unpaired) electrons. The van der Waals surface area contributed by atoms with Crippen molar-refractivity contribution in [3.63, 3.8) is 0 Å². The molecule has 0 fully saturated rings. The molecule has 3 aromatic rings. The van der Waals surface area contributed by atoms with Gasteiger partial charge in [0.2, 0.25) is 5.91 Å². The van der Waals surface area contributed by atoms with Crippen LogP contribution in [0.5, 0.6) is 0 Å². The molecule has 1 aliphatic rings. The van der Waals surface area contributed by atoms with Crippen LogP contribution in [0, 0.1) is 11.6 Å². The van der Waals surface area contributed by atoms with Crippen LogP contribution in [0.25, 0.3) is 5.69 Å². The van der Waals surface area contributed by atoms with E-state index in [9.17, 15) is 13.6 Å². The van der Waals surface area contributed by atoms with Crippen molar-refractivity contribution in [1.82, 2.24) is 20.2 Å². The van der Waals surface area contributed by atoms with Crippen LogP contribution in [-0.2, 0) is 28.9 Å². The number of aromatic nitrogens is 2. The Bertz CT molecular complexity index is 1230. The van der Waals surface area contributed by atoms with Gasteiger partial charge in [0.25, 0.3) is 0 Å². The molecule has 210 valence electrons. The minimum atomic E-state index is -0.545. The Morgan fingerprint density at radius 3 is 2.85 bits per heavy atom. The number of carbonyl (C=O) groups excluding carboxylic acids is 1. The number of nitrogens with one attached hydrogen (secondary N) is 3. The molecule has 3 N–H and O–H groups in total.